The Morgan fingerprint density at radius 2 is 2.00 bits per heavy atom. The van der Waals surface area contributed by atoms with Crippen LogP contribution in [0.4, 0.5) is 4.39 Å². The molecule has 1 amide bonds. The first-order chi connectivity index (χ1) is 11.5. The molecule has 0 aliphatic heterocycles. The third-order valence-electron chi connectivity index (χ3n) is 3.34. The van der Waals surface area contributed by atoms with Gasteiger partial charge in [-0.25, -0.2) is 4.39 Å². The minimum absolute atomic E-state index is 0.232. The van der Waals surface area contributed by atoms with Gasteiger partial charge in [-0.2, -0.15) is 4.99 Å². The summed E-state index contributed by atoms with van der Waals surface area (Å²) in [4.78, 5) is 23.4. The van der Waals surface area contributed by atoms with E-state index in [1.165, 1.54) is 30.6 Å². The van der Waals surface area contributed by atoms with Crippen molar-refractivity contribution in [3.05, 3.63) is 59.3 Å². The van der Waals surface area contributed by atoms with Crippen molar-refractivity contribution in [3.8, 4) is 11.1 Å². The zero-order valence-corrected chi connectivity index (χ0v) is 13.0. The molecule has 0 aliphatic carbocycles. The van der Waals surface area contributed by atoms with E-state index in [-0.39, 0.29) is 22.1 Å². The Bertz CT molecular complexity index is 985. The van der Waals surface area contributed by atoms with E-state index in [0.29, 0.717) is 16.5 Å². The molecule has 4 N–H and O–H groups in total. The summed E-state index contributed by atoms with van der Waals surface area (Å²) in [6, 6.07) is 6.17. The first-order valence-corrected chi connectivity index (χ1v) is 7.17. The van der Waals surface area contributed by atoms with Crippen molar-refractivity contribution in [3.63, 3.8) is 0 Å². The van der Waals surface area contributed by atoms with Crippen LogP contribution in [0.5, 0.6) is 0 Å². The standard InChI is InChI=1S/C16H11ClFN5O/c17-11-6-22-13-2-1-8(15(24)23-16(19)20)5-10(13)14(11)9-3-4-21-7-12(9)18/h1-7H,(H4,19,20,23,24). The highest BCUT2D eigenvalue weighted by atomic mass is 35.5. The van der Waals surface area contributed by atoms with E-state index in [9.17, 15) is 9.18 Å². The number of benzene rings is 1. The summed E-state index contributed by atoms with van der Waals surface area (Å²) in [5.41, 5.74) is 11.9. The van der Waals surface area contributed by atoms with E-state index in [1.807, 2.05) is 0 Å². The maximum absolute atomic E-state index is 14.2. The topological polar surface area (TPSA) is 107 Å². The van der Waals surface area contributed by atoms with Crippen LogP contribution in [0.15, 0.2) is 47.8 Å². The number of carbonyl (C=O) groups excluding carboxylic acids is 1. The second-order valence-corrected chi connectivity index (χ2v) is 5.32. The minimum atomic E-state index is -0.613. The summed E-state index contributed by atoms with van der Waals surface area (Å²) in [6.07, 6.45) is 3.97. The van der Waals surface area contributed by atoms with Crippen LogP contribution in [-0.4, -0.2) is 21.8 Å². The third kappa shape index (κ3) is 2.89. The number of hydrogen-bond acceptors (Lipinski definition) is 3. The summed E-state index contributed by atoms with van der Waals surface area (Å²) in [5.74, 6) is -1.49. The number of aliphatic imine (C=N–C) groups is 1. The van der Waals surface area contributed by atoms with Crippen LogP contribution in [-0.2, 0) is 0 Å². The normalized spacial score (nSPS) is 10.6. The first kappa shape index (κ1) is 15.8. The predicted molar refractivity (Wildman–Crippen MR) is 90.1 cm³/mol. The number of aromatic nitrogens is 2. The molecule has 3 aromatic rings. The van der Waals surface area contributed by atoms with Gasteiger partial charge in [-0.1, -0.05) is 11.6 Å². The van der Waals surface area contributed by atoms with Crippen molar-refractivity contribution < 1.29 is 9.18 Å². The summed E-state index contributed by atoms with van der Waals surface area (Å²) in [7, 11) is 0. The number of halogens is 2. The summed E-state index contributed by atoms with van der Waals surface area (Å²) in [5, 5.41) is 0.753. The molecule has 2 heterocycles. The van der Waals surface area contributed by atoms with Crippen LogP contribution in [0, 0.1) is 5.82 Å². The van der Waals surface area contributed by atoms with E-state index in [1.54, 1.807) is 6.07 Å². The lowest BCUT2D eigenvalue weighted by atomic mass is 10.00. The average Bonchev–Trinajstić information content (AvgIpc) is 2.54. The summed E-state index contributed by atoms with van der Waals surface area (Å²) < 4.78 is 14.2. The van der Waals surface area contributed by atoms with Crippen molar-refractivity contribution in [2.45, 2.75) is 0 Å². The Balaban J connectivity index is 2.29. The van der Waals surface area contributed by atoms with E-state index in [4.69, 9.17) is 23.1 Å². The number of hydrogen-bond donors (Lipinski definition) is 2. The molecule has 0 saturated carbocycles. The van der Waals surface area contributed by atoms with Gasteiger partial charge in [0.05, 0.1) is 16.7 Å². The monoisotopic (exact) mass is 343 g/mol. The molecule has 0 bridgehead atoms. The zero-order chi connectivity index (χ0) is 17.3. The lowest BCUT2D eigenvalue weighted by Crippen LogP contribution is -2.24. The molecule has 0 saturated heterocycles. The van der Waals surface area contributed by atoms with Crippen LogP contribution >= 0.6 is 11.6 Å². The number of nitrogens with zero attached hydrogens (tertiary/aromatic N) is 3. The number of nitrogens with two attached hydrogens (primary N) is 2. The average molecular weight is 344 g/mol. The van der Waals surface area contributed by atoms with Crippen molar-refractivity contribution in [2.75, 3.05) is 0 Å². The van der Waals surface area contributed by atoms with Gasteiger partial charge in [0.2, 0.25) is 0 Å². The number of carbonyl (C=O) groups is 1. The molecule has 0 unspecified atom stereocenters. The van der Waals surface area contributed by atoms with Gasteiger partial charge in [0.1, 0.15) is 5.82 Å². The van der Waals surface area contributed by atoms with Crippen molar-refractivity contribution >= 4 is 34.4 Å². The van der Waals surface area contributed by atoms with Gasteiger partial charge in [0, 0.05) is 34.5 Å². The maximum Gasteiger partial charge on any atom is 0.280 e. The van der Waals surface area contributed by atoms with Crippen LogP contribution in [0.2, 0.25) is 5.02 Å². The molecule has 24 heavy (non-hydrogen) atoms. The van der Waals surface area contributed by atoms with Crippen molar-refractivity contribution in [1.29, 1.82) is 0 Å². The van der Waals surface area contributed by atoms with Gasteiger partial charge in [-0.3, -0.25) is 14.8 Å². The molecule has 0 atom stereocenters. The molecule has 2 aromatic heterocycles. The van der Waals surface area contributed by atoms with Crippen LogP contribution in [0.1, 0.15) is 10.4 Å². The van der Waals surface area contributed by atoms with E-state index < -0.39 is 11.7 Å². The Morgan fingerprint density at radius 1 is 1.21 bits per heavy atom. The molecular formula is C16H11ClFN5O. The second kappa shape index (κ2) is 6.21. The Morgan fingerprint density at radius 3 is 2.71 bits per heavy atom. The number of pyridine rings is 2. The summed E-state index contributed by atoms with van der Waals surface area (Å²) >= 11 is 6.22. The van der Waals surface area contributed by atoms with Gasteiger partial charge in [0.25, 0.3) is 5.91 Å². The van der Waals surface area contributed by atoms with Crippen molar-refractivity contribution in [1.82, 2.24) is 9.97 Å². The lowest BCUT2D eigenvalue weighted by Gasteiger charge is -2.10. The molecule has 120 valence electrons. The molecule has 0 aliphatic rings. The number of amides is 1. The quantitative estimate of drug-likeness (QED) is 0.549. The first-order valence-electron chi connectivity index (χ1n) is 6.79. The number of fused-ring (bicyclic) bond motifs is 1. The smallest absolute Gasteiger partial charge is 0.280 e. The highest BCUT2D eigenvalue weighted by molar-refractivity contribution is 6.34. The summed E-state index contributed by atoms with van der Waals surface area (Å²) in [6.45, 7) is 0. The Hall–Kier alpha value is -3.06. The molecule has 1 aromatic carbocycles. The largest absolute Gasteiger partial charge is 0.370 e. The van der Waals surface area contributed by atoms with Crippen LogP contribution in [0.25, 0.3) is 22.0 Å². The SMILES string of the molecule is NC(N)=NC(=O)c1ccc2ncc(Cl)c(-c3ccncc3F)c2c1. The fraction of sp³-hybridized carbons (Fsp3) is 0. The van der Waals surface area contributed by atoms with Gasteiger partial charge in [-0.15, -0.1) is 0 Å². The number of rotatable bonds is 2. The van der Waals surface area contributed by atoms with E-state index >= 15 is 0 Å². The van der Waals surface area contributed by atoms with E-state index in [2.05, 4.69) is 15.0 Å². The molecule has 0 spiro atoms. The maximum atomic E-state index is 14.2. The minimum Gasteiger partial charge on any atom is -0.370 e. The number of guanidine groups is 1. The van der Waals surface area contributed by atoms with Crippen LogP contribution in [0.3, 0.4) is 0 Å². The lowest BCUT2D eigenvalue weighted by molar-refractivity contribution is 0.100. The highest BCUT2D eigenvalue weighted by Crippen LogP contribution is 2.35. The highest BCUT2D eigenvalue weighted by Gasteiger charge is 2.15. The molecule has 6 nitrogen and oxygen atoms in total. The van der Waals surface area contributed by atoms with Gasteiger partial charge in [-0.05, 0) is 24.3 Å². The molecule has 8 heteroatoms. The molecule has 3 rings (SSSR count). The molecule has 0 radical (unpaired) electrons. The second-order valence-electron chi connectivity index (χ2n) is 4.91. The van der Waals surface area contributed by atoms with Gasteiger partial charge < -0.3 is 11.5 Å². The molecular weight excluding hydrogens is 333 g/mol. The third-order valence-corrected chi connectivity index (χ3v) is 3.63. The van der Waals surface area contributed by atoms with Crippen LogP contribution < -0.4 is 11.5 Å². The van der Waals surface area contributed by atoms with Crippen molar-refractivity contribution in [2.24, 2.45) is 16.5 Å². The fourth-order valence-corrected chi connectivity index (χ4v) is 2.59. The Kier molecular flexibility index (Phi) is 4.09. The fourth-order valence-electron chi connectivity index (χ4n) is 2.33. The van der Waals surface area contributed by atoms with Gasteiger partial charge in [0.15, 0.2) is 5.96 Å². The van der Waals surface area contributed by atoms with E-state index in [0.717, 1.165) is 6.20 Å². The zero-order valence-electron chi connectivity index (χ0n) is 12.2. The Labute approximate surface area is 141 Å². The van der Waals surface area contributed by atoms with Gasteiger partial charge >= 0.3 is 0 Å². The molecule has 0 fully saturated rings. The predicted octanol–water partition coefficient (Wildman–Crippen LogP) is 2.50.